The summed E-state index contributed by atoms with van der Waals surface area (Å²) in [6.45, 7) is 3.88. The molecule has 0 saturated carbocycles. The van der Waals surface area contributed by atoms with E-state index in [-0.39, 0.29) is 0 Å². The van der Waals surface area contributed by atoms with E-state index in [1.165, 1.54) is 0 Å². The molecule has 0 aromatic heterocycles. The highest BCUT2D eigenvalue weighted by Gasteiger charge is 2.06. The van der Waals surface area contributed by atoms with Gasteiger partial charge in [0.1, 0.15) is 17.6 Å². The van der Waals surface area contributed by atoms with E-state index < -0.39 is 0 Å². The molecule has 21 heavy (non-hydrogen) atoms. The van der Waals surface area contributed by atoms with E-state index in [2.05, 4.69) is 40.9 Å². The van der Waals surface area contributed by atoms with Crippen LogP contribution in [0.15, 0.2) is 42.5 Å². The third-order valence-electron chi connectivity index (χ3n) is 2.94. The van der Waals surface area contributed by atoms with Gasteiger partial charge in [-0.25, -0.2) is 0 Å². The van der Waals surface area contributed by atoms with Crippen molar-refractivity contribution in [3.8, 4) is 17.6 Å². The molecule has 0 atom stereocenters. The van der Waals surface area contributed by atoms with Crippen LogP contribution in [0.5, 0.6) is 11.5 Å². The van der Waals surface area contributed by atoms with E-state index in [9.17, 15) is 5.26 Å². The zero-order valence-electron chi connectivity index (χ0n) is 11.9. The summed E-state index contributed by atoms with van der Waals surface area (Å²) in [7, 11) is 0. The Labute approximate surface area is 139 Å². The predicted molar refractivity (Wildman–Crippen MR) is 92.4 cm³/mol. The van der Waals surface area contributed by atoms with Gasteiger partial charge in [0.15, 0.2) is 0 Å². The van der Waals surface area contributed by atoms with Crippen LogP contribution in [-0.4, -0.2) is 6.54 Å². The molecule has 0 fully saturated rings. The van der Waals surface area contributed by atoms with Crippen LogP contribution < -0.4 is 10.1 Å². The van der Waals surface area contributed by atoms with Crippen LogP contribution in [0.3, 0.4) is 0 Å². The normalized spacial score (nSPS) is 10.1. The Balaban J connectivity index is 2.15. The molecule has 0 aliphatic heterocycles. The number of hydrogen-bond donors (Lipinski definition) is 1. The molecule has 4 heteroatoms. The minimum Gasteiger partial charge on any atom is -0.456 e. The summed E-state index contributed by atoms with van der Waals surface area (Å²) in [4.78, 5) is 0. The summed E-state index contributed by atoms with van der Waals surface area (Å²) in [6, 6.07) is 15.7. The molecule has 2 rings (SSSR count). The third kappa shape index (κ3) is 4.73. The van der Waals surface area contributed by atoms with Crippen molar-refractivity contribution in [3.63, 3.8) is 0 Å². The Bertz CT molecular complexity index is 649. The highest BCUT2D eigenvalue weighted by atomic mass is 127. The average Bonchev–Trinajstić information content (AvgIpc) is 2.49. The van der Waals surface area contributed by atoms with Crippen LogP contribution >= 0.6 is 22.6 Å². The van der Waals surface area contributed by atoms with E-state index in [1.54, 1.807) is 0 Å². The molecule has 108 valence electrons. The third-order valence-corrected chi connectivity index (χ3v) is 3.62. The number of nitrogens with zero attached hydrogens (tertiary/aromatic N) is 1. The zero-order chi connectivity index (χ0) is 15.1. The Morgan fingerprint density at radius 2 is 2.10 bits per heavy atom. The first kappa shape index (κ1) is 15.8. The number of hydrogen-bond acceptors (Lipinski definition) is 3. The summed E-state index contributed by atoms with van der Waals surface area (Å²) in [5, 5.41) is 12.6. The number of ether oxygens (including phenoxy) is 1. The minimum atomic E-state index is 0.560. The lowest BCUT2D eigenvalue weighted by atomic mass is 10.1. The van der Waals surface area contributed by atoms with Gasteiger partial charge in [-0.1, -0.05) is 19.1 Å². The maximum atomic E-state index is 9.30. The van der Waals surface area contributed by atoms with Gasteiger partial charge in [-0.3, -0.25) is 0 Å². The molecule has 0 aliphatic carbocycles. The van der Waals surface area contributed by atoms with Crippen molar-refractivity contribution in [3.05, 3.63) is 57.2 Å². The Morgan fingerprint density at radius 1 is 1.24 bits per heavy atom. The van der Waals surface area contributed by atoms with E-state index in [4.69, 9.17) is 4.74 Å². The molecule has 0 heterocycles. The monoisotopic (exact) mass is 392 g/mol. The van der Waals surface area contributed by atoms with Crippen molar-refractivity contribution in [1.29, 1.82) is 5.26 Å². The molecule has 3 nitrogen and oxygen atoms in total. The summed E-state index contributed by atoms with van der Waals surface area (Å²) in [6.07, 6.45) is 1.10. The molecule has 1 N–H and O–H groups in total. The molecular formula is C17H17IN2O. The molecule has 0 unspecified atom stereocenters. The van der Waals surface area contributed by atoms with Gasteiger partial charge in [0.2, 0.25) is 0 Å². The second-order valence-electron chi connectivity index (χ2n) is 4.68. The first-order valence-electron chi connectivity index (χ1n) is 6.90. The summed E-state index contributed by atoms with van der Waals surface area (Å²) in [5.74, 6) is 1.34. The number of nitrogens with one attached hydrogen (secondary N) is 1. The number of nitriles is 1. The second-order valence-corrected chi connectivity index (χ2v) is 5.92. The first-order valence-corrected chi connectivity index (χ1v) is 7.98. The molecule has 2 aromatic carbocycles. The maximum absolute atomic E-state index is 9.30. The minimum absolute atomic E-state index is 0.560. The fourth-order valence-corrected chi connectivity index (χ4v) is 2.44. The fourth-order valence-electron chi connectivity index (χ4n) is 1.93. The van der Waals surface area contributed by atoms with Gasteiger partial charge in [-0.05, 0) is 71.5 Å². The topological polar surface area (TPSA) is 45.0 Å². The average molecular weight is 392 g/mol. The lowest BCUT2D eigenvalue weighted by Gasteiger charge is -2.10. The van der Waals surface area contributed by atoms with Gasteiger partial charge in [0, 0.05) is 10.1 Å². The van der Waals surface area contributed by atoms with Crippen molar-refractivity contribution < 1.29 is 4.74 Å². The zero-order valence-corrected chi connectivity index (χ0v) is 14.1. The van der Waals surface area contributed by atoms with Crippen LogP contribution in [0.4, 0.5) is 0 Å². The maximum Gasteiger partial charge on any atom is 0.145 e. The Hall–Kier alpha value is -1.58. The van der Waals surface area contributed by atoms with Gasteiger partial charge in [-0.15, -0.1) is 0 Å². The van der Waals surface area contributed by atoms with E-state index in [0.29, 0.717) is 11.3 Å². The molecule has 0 bridgehead atoms. The van der Waals surface area contributed by atoms with Gasteiger partial charge in [0.05, 0.1) is 5.56 Å². The SMILES string of the molecule is CCCNCc1ccc(Oc2cccc(I)c2)c(C#N)c1. The van der Waals surface area contributed by atoms with Crippen molar-refractivity contribution in [2.45, 2.75) is 19.9 Å². The molecular weight excluding hydrogens is 375 g/mol. The van der Waals surface area contributed by atoms with Crippen LogP contribution in [0.2, 0.25) is 0 Å². The summed E-state index contributed by atoms with van der Waals surface area (Å²) >= 11 is 2.24. The van der Waals surface area contributed by atoms with Crippen molar-refractivity contribution >= 4 is 22.6 Å². The lowest BCUT2D eigenvalue weighted by Crippen LogP contribution is -2.13. The highest BCUT2D eigenvalue weighted by molar-refractivity contribution is 14.1. The van der Waals surface area contributed by atoms with Gasteiger partial charge in [0.25, 0.3) is 0 Å². The largest absolute Gasteiger partial charge is 0.456 e. The fraction of sp³-hybridized carbons (Fsp3) is 0.235. The molecule has 0 spiro atoms. The standard InChI is InChI=1S/C17H17IN2O/c1-2-8-20-12-13-6-7-17(14(9-13)11-19)21-16-5-3-4-15(18)10-16/h3-7,9-10,20H,2,8,12H2,1H3. The highest BCUT2D eigenvalue weighted by Crippen LogP contribution is 2.26. The molecule has 2 aromatic rings. The predicted octanol–water partition coefficient (Wildman–Crippen LogP) is 4.45. The van der Waals surface area contributed by atoms with E-state index in [1.807, 2.05) is 42.5 Å². The first-order chi connectivity index (χ1) is 10.2. The van der Waals surface area contributed by atoms with Crippen molar-refractivity contribution in [2.75, 3.05) is 6.54 Å². The summed E-state index contributed by atoms with van der Waals surface area (Å²) in [5.41, 5.74) is 1.65. The van der Waals surface area contributed by atoms with Gasteiger partial charge < -0.3 is 10.1 Å². The van der Waals surface area contributed by atoms with Crippen molar-refractivity contribution in [1.82, 2.24) is 5.32 Å². The van der Waals surface area contributed by atoms with Crippen LogP contribution in [0.25, 0.3) is 0 Å². The Kier molecular flexibility index (Phi) is 6.03. The second kappa shape index (κ2) is 8.01. The van der Waals surface area contributed by atoms with E-state index >= 15 is 0 Å². The smallest absolute Gasteiger partial charge is 0.145 e. The van der Waals surface area contributed by atoms with Crippen LogP contribution in [0.1, 0.15) is 24.5 Å². The number of halogens is 1. The van der Waals surface area contributed by atoms with Gasteiger partial charge in [-0.2, -0.15) is 5.26 Å². The number of benzene rings is 2. The Morgan fingerprint density at radius 3 is 2.81 bits per heavy atom. The molecule has 0 radical (unpaired) electrons. The molecule has 0 amide bonds. The summed E-state index contributed by atoms with van der Waals surface area (Å²) < 4.78 is 6.92. The quantitative estimate of drug-likeness (QED) is 0.584. The molecule has 0 saturated heterocycles. The van der Waals surface area contributed by atoms with Crippen molar-refractivity contribution in [2.24, 2.45) is 0 Å². The number of rotatable bonds is 6. The molecule has 0 aliphatic rings. The van der Waals surface area contributed by atoms with Crippen LogP contribution in [0, 0.1) is 14.9 Å². The van der Waals surface area contributed by atoms with Gasteiger partial charge >= 0.3 is 0 Å². The van der Waals surface area contributed by atoms with E-state index in [0.717, 1.165) is 34.4 Å². The lowest BCUT2D eigenvalue weighted by molar-refractivity contribution is 0.480. The van der Waals surface area contributed by atoms with Crippen LogP contribution in [-0.2, 0) is 6.54 Å².